The normalized spacial score (nSPS) is 10.8. The molecule has 0 spiro atoms. The van der Waals surface area contributed by atoms with Crippen LogP contribution in [0, 0.1) is 6.92 Å². The van der Waals surface area contributed by atoms with Gasteiger partial charge in [-0.3, -0.25) is 0 Å². The molecule has 1 N–H and O–H groups in total. The van der Waals surface area contributed by atoms with Crippen LogP contribution in [0.3, 0.4) is 0 Å². The van der Waals surface area contributed by atoms with Gasteiger partial charge in [-0.2, -0.15) is 0 Å². The van der Waals surface area contributed by atoms with Crippen molar-refractivity contribution in [1.82, 2.24) is 0 Å². The molecule has 0 aliphatic carbocycles. The topological polar surface area (TPSA) is 32.6 Å². The quantitative estimate of drug-likeness (QED) is 0.460. The smallest absolute Gasteiger partial charge is 0.0733 e. The van der Waals surface area contributed by atoms with Crippen LogP contribution in [0.15, 0.2) is 53.7 Å². The average molecular weight is 211 g/mol. The van der Waals surface area contributed by atoms with Gasteiger partial charge in [0.1, 0.15) is 0 Å². The van der Waals surface area contributed by atoms with Crippen molar-refractivity contribution in [2.45, 2.75) is 6.92 Å². The average Bonchev–Trinajstić information content (AvgIpc) is 2.32. The lowest BCUT2D eigenvalue weighted by Crippen LogP contribution is -1.82. The summed E-state index contributed by atoms with van der Waals surface area (Å²) in [7, 11) is 0. The van der Waals surface area contributed by atoms with Crippen LogP contribution < -0.4 is 0 Å². The third-order valence-electron chi connectivity index (χ3n) is 2.50. The van der Waals surface area contributed by atoms with Crippen LogP contribution in [-0.2, 0) is 0 Å². The van der Waals surface area contributed by atoms with Crippen LogP contribution in [-0.4, -0.2) is 11.4 Å². The number of hydrogen-bond donors (Lipinski definition) is 1. The van der Waals surface area contributed by atoms with E-state index < -0.39 is 0 Å². The van der Waals surface area contributed by atoms with Crippen molar-refractivity contribution in [3.8, 4) is 11.1 Å². The van der Waals surface area contributed by atoms with Gasteiger partial charge < -0.3 is 5.21 Å². The van der Waals surface area contributed by atoms with Crippen LogP contribution in [0.1, 0.15) is 11.1 Å². The van der Waals surface area contributed by atoms with Gasteiger partial charge in [-0.1, -0.05) is 59.3 Å². The Morgan fingerprint density at radius 2 is 1.38 bits per heavy atom. The van der Waals surface area contributed by atoms with Crippen molar-refractivity contribution >= 4 is 6.21 Å². The maximum absolute atomic E-state index is 8.41. The van der Waals surface area contributed by atoms with Gasteiger partial charge in [0.2, 0.25) is 0 Å². The van der Waals surface area contributed by atoms with E-state index >= 15 is 0 Å². The number of benzene rings is 2. The van der Waals surface area contributed by atoms with Crippen LogP contribution >= 0.6 is 0 Å². The zero-order chi connectivity index (χ0) is 11.4. The summed E-state index contributed by atoms with van der Waals surface area (Å²) < 4.78 is 0. The fraction of sp³-hybridized carbons (Fsp3) is 0.0714. The summed E-state index contributed by atoms with van der Waals surface area (Å²) >= 11 is 0. The van der Waals surface area contributed by atoms with E-state index in [1.807, 2.05) is 24.3 Å². The summed E-state index contributed by atoms with van der Waals surface area (Å²) in [5.74, 6) is 0. The van der Waals surface area contributed by atoms with Gasteiger partial charge in [-0.05, 0) is 23.6 Å². The second-order valence-electron chi connectivity index (χ2n) is 3.73. The van der Waals surface area contributed by atoms with E-state index in [2.05, 4.69) is 36.3 Å². The number of hydrogen-bond acceptors (Lipinski definition) is 2. The van der Waals surface area contributed by atoms with Crippen molar-refractivity contribution in [2.24, 2.45) is 5.16 Å². The molecule has 0 amide bonds. The summed E-state index contributed by atoms with van der Waals surface area (Å²) in [6.45, 7) is 2.07. The second kappa shape index (κ2) is 4.62. The highest BCUT2D eigenvalue weighted by atomic mass is 16.4. The molecule has 16 heavy (non-hydrogen) atoms. The lowest BCUT2D eigenvalue weighted by molar-refractivity contribution is 0.322. The largest absolute Gasteiger partial charge is 0.411 e. The fourth-order valence-electron chi connectivity index (χ4n) is 1.57. The molecule has 0 aliphatic heterocycles. The van der Waals surface area contributed by atoms with Gasteiger partial charge in [0, 0.05) is 0 Å². The Morgan fingerprint density at radius 1 is 0.875 bits per heavy atom. The van der Waals surface area contributed by atoms with Crippen molar-refractivity contribution < 1.29 is 5.21 Å². The lowest BCUT2D eigenvalue weighted by Gasteiger charge is -2.02. The lowest BCUT2D eigenvalue weighted by atomic mass is 10.0. The van der Waals surface area contributed by atoms with Crippen LogP contribution in [0.5, 0.6) is 0 Å². The van der Waals surface area contributed by atoms with E-state index in [-0.39, 0.29) is 0 Å². The molecule has 0 fully saturated rings. The van der Waals surface area contributed by atoms with Crippen molar-refractivity contribution in [1.29, 1.82) is 0 Å². The first kappa shape index (κ1) is 10.4. The van der Waals surface area contributed by atoms with E-state index in [1.165, 1.54) is 17.3 Å². The Labute approximate surface area is 94.9 Å². The molecular weight excluding hydrogens is 198 g/mol. The van der Waals surface area contributed by atoms with Gasteiger partial charge in [-0.25, -0.2) is 0 Å². The van der Waals surface area contributed by atoms with E-state index in [0.29, 0.717) is 0 Å². The first-order valence-corrected chi connectivity index (χ1v) is 5.14. The van der Waals surface area contributed by atoms with Crippen molar-refractivity contribution in [2.75, 3.05) is 0 Å². The fourth-order valence-corrected chi connectivity index (χ4v) is 1.57. The van der Waals surface area contributed by atoms with Gasteiger partial charge in [0.05, 0.1) is 6.21 Å². The zero-order valence-corrected chi connectivity index (χ0v) is 9.09. The summed E-state index contributed by atoms with van der Waals surface area (Å²) in [4.78, 5) is 0. The summed E-state index contributed by atoms with van der Waals surface area (Å²) in [6.07, 6.45) is 1.42. The van der Waals surface area contributed by atoms with Crippen LogP contribution in [0.25, 0.3) is 11.1 Å². The summed E-state index contributed by atoms with van der Waals surface area (Å²) in [6, 6.07) is 16.3. The highest BCUT2D eigenvalue weighted by molar-refractivity contribution is 5.80. The molecule has 2 aromatic carbocycles. The summed E-state index contributed by atoms with van der Waals surface area (Å²) in [5.41, 5.74) is 4.50. The van der Waals surface area contributed by atoms with Crippen molar-refractivity contribution in [3.05, 3.63) is 59.7 Å². The molecule has 0 radical (unpaired) electrons. The number of rotatable bonds is 2. The van der Waals surface area contributed by atoms with E-state index in [9.17, 15) is 0 Å². The van der Waals surface area contributed by atoms with Crippen LogP contribution in [0.2, 0.25) is 0 Å². The first-order chi connectivity index (χ1) is 7.79. The minimum Gasteiger partial charge on any atom is -0.411 e. The third-order valence-corrected chi connectivity index (χ3v) is 2.50. The van der Waals surface area contributed by atoms with Gasteiger partial charge in [0.15, 0.2) is 0 Å². The molecule has 2 aromatic rings. The Morgan fingerprint density at radius 3 is 1.88 bits per heavy atom. The maximum Gasteiger partial charge on any atom is 0.0733 e. The molecule has 0 atom stereocenters. The molecule has 0 unspecified atom stereocenters. The molecular formula is C14H13NO. The first-order valence-electron chi connectivity index (χ1n) is 5.14. The Bertz CT molecular complexity index is 483. The Balaban J connectivity index is 2.31. The molecule has 2 rings (SSSR count). The number of aryl methyl sites for hydroxylation is 1. The predicted octanol–water partition coefficient (Wildman–Crippen LogP) is 3.47. The van der Waals surface area contributed by atoms with Gasteiger partial charge >= 0.3 is 0 Å². The molecule has 0 saturated heterocycles. The molecule has 0 bridgehead atoms. The van der Waals surface area contributed by atoms with E-state index in [1.54, 1.807) is 0 Å². The second-order valence-corrected chi connectivity index (χ2v) is 3.73. The van der Waals surface area contributed by atoms with Gasteiger partial charge in [-0.15, -0.1) is 0 Å². The van der Waals surface area contributed by atoms with E-state index in [0.717, 1.165) is 11.1 Å². The molecule has 0 saturated carbocycles. The third kappa shape index (κ3) is 2.28. The molecule has 2 heteroatoms. The minimum atomic E-state index is 0.887. The Kier molecular flexibility index (Phi) is 3.01. The van der Waals surface area contributed by atoms with Gasteiger partial charge in [0.25, 0.3) is 0 Å². The molecule has 0 heterocycles. The highest BCUT2D eigenvalue weighted by Crippen LogP contribution is 2.19. The molecule has 2 nitrogen and oxygen atoms in total. The summed E-state index contributed by atoms with van der Waals surface area (Å²) in [5, 5.41) is 11.4. The number of oxime groups is 1. The van der Waals surface area contributed by atoms with Crippen molar-refractivity contribution in [3.63, 3.8) is 0 Å². The maximum atomic E-state index is 8.41. The zero-order valence-electron chi connectivity index (χ0n) is 9.09. The highest BCUT2D eigenvalue weighted by Gasteiger charge is 1.96. The molecule has 0 aliphatic rings. The van der Waals surface area contributed by atoms with E-state index in [4.69, 9.17) is 5.21 Å². The standard InChI is InChI=1S/C14H13NO/c1-11-2-6-13(7-3-11)14-8-4-12(5-9-14)10-15-16/h2-10,16H,1H3/b15-10-. The Hall–Kier alpha value is -2.09. The monoisotopic (exact) mass is 211 g/mol. The molecule has 80 valence electrons. The van der Waals surface area contributed by atoms with Crippen LogP contribution in [0.4, 0.5) is 0 Å². The minimum absolute atomic E-state index is 0.887. The SMILES string of the molecule is Cc1ccc(-c2ccc(/C=N\O)cc2)cc1. The number of nitrogens with zero attached hydrogens (tertiary/aromatic N) is 1. The predicted molar refractivity (Wildman–Crippen MR) is 66.0 cm³/mol. The molecule has 0 aromatic heterocycles.